The van der Waals surface area contributed by atoms with Gasteiger partial charge in [0.15, 0.2) is 0 Å². The van der Waals surface area contributed by atoms with Crippen LogP contribution in [0.15, 0.2) is 53.3 Å². The lowest BCUT2D eigenvalue weighted by Gasteiger charge is -2.25. The Balaban J connectivity index is 1.44. The highest BCUT2D eigenvalue weighted by atomic mass is 16.5. The first-order valence-corrected chi connectivity index (χ1v) is 8.82. The third-order valence-electron chi connectivity index (χ3n) is 4.75. The third-order valence-corrected chi connectivity index (χ3v) is 4.75. The highest BCUT2D eigenvalue weighted by molar-refractivity contribution is 5.76. The number of aromatic nitrogens is 3. The zero-order valence-electron chi connectivity index (χ0n) is 14.3. The Morgan fingerprint density at radius 1 is 1.15 bits per heavy atom. The molecular weight excluding hydrogens is 330 g/mol. The molecule has 6 heteroatoms. The van der Waals surface area contributed by atoms with Crippen LogP contribution in [-0.2, 0) is 22.5 Å². The standard InChI is InChI=1S/C20H19N3O3/c24-19(26-18-11-5-7-14-6-1-2-8-15(14)18)12-13-23-20(25)16-9-3-4-10-17(16)21-22-23/h1-4,6,8-10,18H,5,7,11-13H2/t18-/m1/s1. The average molecular weight is 349 g/mol. The maximum atomic E-state index is 12.4. The van der Waals surface area contributed by atoms with Crippen LogP contribution < -0.4 is 5.56 Å². The summed E-state index contributed by atoms with van der Waals surface area (Å²) < 4.78 is 6.89. The summed E-state index contributed by atoms with van der Waals surface area (Å²) in [5.41, 5.74) is 2.64. The summed E-state index contributed by atoms with van der Waals surface area (Å²) in [7, 11) is 0. The largest absolute Gasteiger partial charge is 0.457 e. The number of hydrogen-bond donors (Lipinski definition) is 0. The van der Waals surface area contributed by atoms with Gasteiger partial charge in [0.2, 0.25) is 0 Å². The van der Waals surface area contributed by atoms with Gasteiger partial charge in [0.1, 0.15) is 11.6 Å². The minimum atomic E-state index is -0.325. The number of aryl methyl sites for hydroxylation is 2. The number of carbonyl (C=O) groups excluding carboxylic acids is 1. The summed E-state index contributed by atoms with van der Waals surface area (Å²) in [6.07, 6.45) is 2.74. The van der Waals surface area contributed by atoms with Crippen LogP contribution in [0.3, 0.4) is 0 Å². The predicted octanol–water partition coefficient (Wildman–Crippen LogP) is 2.80. The van der Waals surface area contributed by atoms with Crippen LogP contribution in [0.1, 0.15) is 36.5 Å². The second kappa shape index (κ2) is 7.07. The summed E-state index contributed by atoms with van der Waals surface area (Å²) in [5, 5.41) is 8.43. The van der Waals surface area contributed by atoms with Crippen molar-refractivity contribution in [3.05, 3.63) is 70.0 Å². The molecule has 26 heavy (non-hydrogen) atoms. The van der Waals surface area contributed by atoms with E-state index in [1.54, 1.807) is 24.3 Å². The number of hydrogen-bond acceptors (Lipinski definition) is 5. The van der Waals surface area contributed by atoms with E-state index in [0.717, 1.165) is 24.8 Å². The van der Waals surface area contributed by atoms with Gasteiger partial charge in [0, 0.05) is 0 Å². The van der Waals surface area contributed by atoms with Crippen LogP contribution in [0.2, 0.25) is 0 Å². The van der Waals surface area contributed by atoms with Gasteiger partial charge in [-0.2, -0.15) is 0 Å². The molecule has 1 aromatic heterocycles. The topological polar surface area (TPSA) is 74.1 Å². The molecule has 0 saturated heterocycles. The predicted molar refractivity (Wildman–Crippen MR) is 96.6 cm³/mol. The van der Waals surface area contributed by atoms with Crippen LogP contribution in [0.5, 0.6) is 0 Å². The molecule has 0 radical (unpaired) electrons. The third kappa shape index (κ3) is 3.22. The highest BCUT2D eigenvalue weighted by Gasteiger charge is 2.23. The van der Waals surface area contributed by atoms with Gasteiger partial charge >= 0.3 is 5.97 Å². The molecule has 0 bridgehead atoms. The summed E-state index contributed by atoms with van der Waals surface area (Å²) >= 11 is 0. The molecule has 2 aromatic carbocycles. The number of ether oxygens (including phenoxy) is 1. The van der Waals surface area contributed by atoms with Crippen molar-refractivity contribution in [3.8, 4) is 0 Å². The van der Waals surface area contributed by atoms with Gasteiger partial charge in [-0.05, 0) is 42.5 Å². The van der Waals surface area contributed by atoms with E-state index < -0.39 is 0 Å². The van der Waals surface area contributed by atoms with Gasteiger partial charge in [0.05, 0.1) is 18.4 Å². The molecular formula is C20H19N3O3. The summed E-state index contributed by atoms with van der Waals surface area (Å²) in [4.78, 5) is 24.7. The molecule has 1 aliphatic carbocycles. The minimum Gasteiger partial charge on any atom is -0.457 e. The molecule has 0 amide bonds. The normalized spacial score (nSPS) is 16.2. The van der Waals surface area contributed by atoms with E-state index >= 15 is 0 Å². The summed E-state index contributed by atoms with van der Waals surface area (Å²) in [6, 6.07) is 15.1. The van der Waals surface area contributed by atoms with Gasteiger partial charge in [-0.3, -0.25) is 9.59 Å². The molecule has 1 aliphatic rings. The van der Waals surface area contributed by atoms with E-state index in [-0.39, 0.29) is 30.6 Å². The van der Waals surface area contributed by atoms with Crippen LogP contribution in [0, 0.1) is 0 Å². The van der Waals surface area contributed by atoms with E-state index in [0.29, 0.717) is 10.9 Å². The molecule has 0 unspecified atom stereocenters. The first-order valence-electron chi connectivity index (χ1n) is 8.82. The Kier molecular flexibility index (Phi) is 4.48. The average Bonchev–Trinajstić information content (AvgIpc) is 2.68. The van der Waals surface area contributed by atoms with Crippen molar-refractivity contribution in [1.82, 2.24) is 15.0 Å². The second-order valence-electron chi connectivity index (χ2n) is 6.45. The van der Waals surface area contributed by atoms with Crippen molar-refractivity contribution in [2.24, 2.45) is 0 Å². The number of esters is 1. The zero-order valence-corrected chi connectivity index (χ0v) is 14.3. The second-order valence-corrected chi connectivity index (χ2v) is 6.45. The van der Waals surface area contributed by atoms with E-state index in [4.69, 9.17) is 4.74 Å². The number of fused-ring (bicyclic) bond motifs is 2. The molecule has 3 aromatic rings. The van der Waals surface area contributed by atoms with Crippen molar-refractivity contribution in [1.29, 1.82) is 0 Å². The van der Waals surface area contributed by atoms with Crippen LogP contribution in [0.4, 0.5) is 0 Å². The first kappa shape index (κ1) is 16.4. The van der Waals surface area contributed by atoms with Crippen molar-refractivity contribution < 1.29 is 9.53 Å². The molecule has 0 saturated carbocycles. The fourth-order valence-electron chi connectivity index (χ4n) is 3.42. The fourth-order valence-corrected chi connectivity index (χ4v) is 3.42. The molecule has 0 fully saturated rings. The van der Waals surface area contributed by atoms with E-state index in [1.807, 2.05) is 18.2 Å². The number of rotatable bonds is 4. The molecule has 4 rings (SSSR count). The molecule has 0 spiro atoms. The van der Waals surface area contributed by atoms with Gasteiger partial charge < -0.3 is 4.74 Å². The first-order chi connectivity index (χ1) is 12.7. The lowest BCUT2D eigenvalue weighted by atomic mass is 9.89. The van der Waals surface area contributed by atoms with Crippen LogP contribution in [0.25, 0.3) is 10.9 Å². The lowest BCUT2D eigenvalue weighted by molar-refractivity contribution is -0.150. The molecule has 0 N–H and O–H groups in total. The van der Waals surface area contributed by atoms with Crippen molar-refractivity contribution in [3.63, 3.8) is 0 Å². The van der Waals surface area contributed by atoms with E-state index in [9.17, 15) is 9.59 Å². The Bertz CT molecular complexity index is 1010. The molecule has 0 aliphatic heterocycles. The monoisotopic (exact) mass is 349 g/mol. The Morgan fingerprint density at radius 3 is 2.88 bits per heavy atom. The summed E-state index contributed by atoms with van der Waals surface area (Å²) in [6.45, 7) is 0.157. The highest BCUT2D eigenvalue weighted by Crippen LogP contribution is 2.32. The molecule has 6 nitrogen and oxygen atoms in total. The van der Waals surface area contributed by atoms with Crippen molar-refractivity contribution >= 4 is 16.9 Å². The summed E-state index contributed by atoms with van der Waals surface area (Å²) in [5.74, 6) is -0.325. The van der Waals surface area contributed by atoms with Gasteiger partial charge in [-0.25, -0.2) is 4.68 Å². The van der Waals surface area contributed by atoms with Gasteiger partial charge in [-0.1, -0.05) is 41.6 Å². The fraction of sp³-hybridized carbons (Fsp3) is 0.300. The van der Waals surface area contributed by atoms with Crippen molar-refractivity contribution in [2.45, 2.75) is 38.3 Å². The quantitative estimate of drug-likeness (QED) is 0.677. The zero-order chi connectivity index (χ0) is 17.9. The molecule has 1 atom stereocenters. The maximum absolute atomic E-state index is 12.4. The maximum Gasteiger partial charge on any atom is 0.308 e. The Morgan fingerprint density at radius 2 is 1.96 bits per heavy atom. The van der Waals surface area contributed by atoms with Gasteiger partial charge in [-0.15, -0.1) is 5.10 Å². The van der Waals surface area contributed by atoms with E-state index in [2.05, 4.69) is 16.4 Å². The number of nitrogens with zero attached hydrogens (tertiary/aromatic N) is 3. The number of carbonyl (C=O) groups is 1. The minimum absolute atomic E-state index is 0.0889. The van der Waals surface area contributed by atoms with Gasteiger partial charge in [0.25, 0.3) is 5.56 Å². The van der Waals surface area contributed by atoms with E-state index in [1.165, 1.54) is 10.2 Å². The van der Waals surface area contributed by atoms with Crippen molar-refractivity contribution in [2.75, 3.05) is 0 Å². The lowest BCUT2D eigenvalue weighted by Crippen LogP contribution is -2.26. The Labute approximate surface area is 150 Å². The smallest absolute Gasteiger partial charge is 0.308 e. The molecule has 132 valence electrons. The number of benzene rings is 2. The van der Waals surface area contributed by atoms with Crippen LogP contribution >= 0.6 is 0 Å². The van der Waals surface area contributed by atoms with Crippen LogP contribution in [-0.4, -0.2) is 21.0 Å². The Hall–Kier alpha value is -3.02. The molecule has 1 heterocycles. The SMILES string of the molecule is O=C(CCn1nnc2ccccc2c1=O)O[C@@H]1CCCc2ccccc21.